The lowest BCUT2D eigenvalue weighted by molar-refractivity contribution is -0.920. The van der Waals surface area contributed by atoms with Crippen molar-refractivity contribution in [3.05, 3.63) is 22.1 Å². The Hall–Kier alpha value is -1.65. The standard InChI is InChI=1S/C20H29N5O3S/c1-11(26)7-24(8-12(2)27)9-16-22-18-17-14-6-20(4,5)28-10-15(14)29-19(17)21-13(3)25(18)23-16/h11-12,26-27H,6-10H2,1-5H3/p+1/t11-,12-/m1/s1. The van der Waals surface area contributed by atoms with Crippen LogP contribution in [0.1, 0.15) is 49.8 Å². The number of aryl methyl sites for hydroxylation is 1. The Balaban J connectivity index is 1.77. The summed E-state index contributed by atoms with van der Waals surface area (Å²) in [5, 5.41) is 25.4. The lowest BCUT2D eigenvalue weighted by Gasteiger charge is -2.30. The molecule has 0 unspecified atom stereocenters. The molecule has 0 saturated carbocycles. The number of ether oxygens (including phenoxy) is 1. The van der Waals surface area contributed by atoms with Crippen LogP contribution in [0.25, 0.3) is 15.9 Å². The first kappa shape index (κ1) is 20.6. The Morgan fingerprint density at radius 2 is 1.90 bits per heavy atom. The summed E-state index contributed by atoms with van der Waals surface area (Å²) in [5.74, 6) is 1.50. The van der Waals surface area contributed by atoms with E-state index in [2.05, 4.69) is 13.8 Å². The highest BCUT2D eigenvalue weighted by Gasteiger charge is 2.31. The summed E-state index contributed by atoms with van der Waals surface area (Å²) in [7, 11) is 0. The lowest BCUT2D eigenvalue weighted by Crippen LogP contribution is -3.12. The number of fused-ring (bicyclic) bond motifs is 5. The number of thiophene rings is 1. The van der Waals surface area contributed by atoms with Crippen LogP contribution in [0.4, 0.5) is 0 Å². The number of hydrogen-bond acceptors (Lipinski definition) is 7. The van der Waals surface area contributed by atoms with Gasteiger partial charge in [-0.2, -0.15) is 4.52 Å². The van der Waals surface area contributed by atoms with Crippen molar-refractivity contribution in [3.8, 4) is 0 Å². The predicted octanol–water partition coefficient (Wildman–Crippen LogP) is 0.645. The van der Waals surface area contributed by atoms with Gasteiger partial charge in [-0.3, -0.25) is 0 Å². The third-order valence-electron chi connectivity index (χ3n) is 5.29. The summed E-state index contributed by atoms with van der Waals surface area (Å²) < 4.78 is 7.81. The summed E-state index contributed by atoms with van der Waals surface area (Å²) >= 11 is 1.68. The van der Waals surface area contributed by atoms with Crippen molar-refractivity contribution in [3.63, 3.8) is 0 Å². The molecule has 0 spiro atoms. The van der Waals surface area contributed by atoms with Gasteiger partial charge in [-0.05, 0) is 40.2 Å². The van der Waals surface area contributed by atoms with Crippen molar-refractivity contribution in [2.45, 2.75) is 72.0 Å². The van der Waals surface area contributed by atoms with E-state index in [-0.39, 0.29) is 5.60 Å². The van der Waals surface area contributed by atoms with Crippen molar-refractivity contribution in [2.24, 2.45) is 0 Å². The largest absolute Gasteiger partial charge is 0.388 e. The molecule has 3 aromatic rings. The second-order valence-electron chi connectivity index (χ2n) is 8.86. The Labute approximate surface area is 174 Å². The van der Waals surface area contributed by atoms with Crippen LogP contribution >= 0.6 is 11.3 Å². The molecule has 0 radical (unpaired) electrons. The molecule has 29 heavy (non-hydrogen) atoms. The number of aliphatic hydroxyl groups is 2. The monoisotopic (exact) mass is 420 g/mol. The second kappa shape index (κ2) is 7.55. The Bertz CT molecular complexity index is 1030. The molecule has 0 aliphatic carbocycles. The van der Waals surface area contributed by atoms with E-state index < -0.39 is 12.2 Å². The van der Waals surface area contributed by atoms with E-state index in [1.807, 2.05) is 11.4 Å². The Kier molecular flexibility index (Phi) is 5.37. The topological polar surface area (TPSA) is 97.2 Å². The minimum Gasteiger partial charge on any atom is -0.388 e. The number of aliphatic hydroxyl groups excluding tert-OH is 2. The maximum Gasteiger partial charge on any atom is 0.206 e. The second-order valence-corrected chi connectivity index (χ2v) is 9.95. The Morgan fingerprint density at radius 3 is 2.55 bits per heavy atom. The maximum absolute atomic E-state index is 9.82. The third kappa shape index (κ3) is 4.15. The van der Waals surface area contributed by atoms with Gasteiger partial charge in [0.2, 0.25) is 5.82 Å². The highest BCUT2D eigenvalue weighted by atomic mass is 32.1. The highest BCUT2D eigenvalue weighted by Crippen LogP contribution is 2.39. The predicted molar refractivity (Wildman–Crippen MR) is 111 cm³/mol. The molecule has 1 aliphatic heterocycles. The van der Waals surface area contributed by atoms with E-state index in [0.717, 1.165) is 33.0 Å². The van der Waals surface area contributed by atoms with Gasteiger partial charge in [-0.1, -0.05) is 0 Å². The number of aromatic nitrogens is 4. The molecule has 0 fully saturated rings. The van der Waals surface area contributed by atoms with Gasteiger partial charge in [0.1, 0.15) is 42.5 Å². The molecule has 0 amide bonds. The molecule has 8 nitrogen and oxygen atoms in total. The summed E-state index contributed by atoms with van der Waals surface area (Å²) in [6.45, 7) is 11.9. The molecule has 3 aromatic heterocycles. The molecule has 9 heteroatoms. The van der Waals surface area contributed by atoms with Crippen molar-refractivity contribution >= 4 is 27.2 Å². The van der Waals surface area contributed by atoms with Crippen LogP contribution in [0.15, 0.2) is 0 Å². The molecule has 0 aromatic carbocycles. The number of nitrogens with one attached hydrogen (secondary N) is 1. The van der Waals surface area contributed by atoms with E-state index in [0.29, 0.717) is 32.1 Å². The molecule has 4 heterocycles. The fourth-order valence-corrected chi connectivity index (χ4v) is 5.29. The first-order valence-corrected chi connectivity index (χ1v) is 10.9. The number of quaternary nitrogens is 1. The quantitative estimate of drug-likeness (QED) is 0.542. The van der Waals surface area contributed by atoms with Crippen LogP contribution in [0.3, 0.4) is 0 Å². The molecule has 0 bridgehead atoms. The van der Waals surface area contributed by atoms with Gasteiger partial charge in [0, 0.05) is 11.3 Å². The molecule has 2 atom stereocenters. The van der Waals surface area contributed by atoms with Crippen LogP contribution < -0.4 is 4.90 Å². The number of rotatable bonds is 6. The fourth-order valence-electron chi connectivity index (χ4n) is 4.15. The van der Waals surface area contributed by atoms with Crippen LogP contribution in [0.5, 0.6) is 0 Å². The average molecular weight is 421 g/mol. The van der Waals surface area contributed by atoms with Gasteiger partial charge in [0.05, 0.1) is 17.6 Å². The van der Waals surface area contributed by atoms with Gasteiger partial charge in [-0.15, -0.1) is 16.4 Å². The molecule has 3 N–H and O–H groups in total. The molecular weight excluding hydrogens is 390 g/mol. The highest BCUT2D eigenvalue weighted by molar-refractivity contribution is 7.19. The van der Waals surface area contributed by atoms with E-state index in [1.54, 1.807) is 25.2 Å². The zero-order valence-electron chi connectivity index (χ0n) is 17.7. The zero-order chi connectivity index (χ0) is 20.9. The lowest BCUT2D eigenvalue weighted by atomic mass is 9.94. The van der Waals surface area contributed by atoms with Gasteiger partial charge >= 0.3 is 0 Å². The minimum absolute atomic E-state index is 0.207. The van der Waals surface area contributed by atoms with E-state index in [1.165, 1.54) is 10.4 Å². The number of nitrogens with zero attached hydrogens (tertiary/aromatic N) is 4. The van der Waals surface area contributed by atoms with Gasteiger partial charge in [0.15, 0.2) is 5.65 Å². The Morgan fingerprint density at radius 1 is 1.21 bits per heavy atom. The van der Waals surface area contributed by atoms with Crippen molar-refractivity contribution in [2.75, 3.05) is 13.1 Å². The van der Waals surface area contributed by atoms with Crippen LogP contribution in [0, 0.1) is 6.92 Å². The molecule has 158 valence electrons. The first-order valence-electron chi connectivity index (χ1n) is 10.1. The third-order valence-corrected chi connectivity index (χ3v) is 6.39. The number of hydrogen-bond donors (Lipinski definition) is 3. The van der Waals surface area contributed by atoms with Gasteiger partial charge in [-0.25, -0.2) is 9.97 Å². The van der Waals surface area contributed by atoms with Gasteiger partial charge in [0.25, 0.3) is 0 Å². The summed E-state index contributed by atoms with van der Waals surface area (Å²) in [6, 6.07) is 0. The first-order chi connectivity index (χ1) is 13.6. The summed E-state index contributed by atoms with van der Waals surface area (Å²) in [6.07, 6.45) is -0.0872. The van der Waals surface area contributed by atoms with E-state index in [9.17, 15) is 10.2 Å². The van der Waals surface area contributed by atoms with E-state index >= 15 is 0 Å². The van der Waals surface area contributed by atoms with Crippen molar-refractivity contribution in [1.29, 1.82) is 0 Å². The molecule has 1 aliphatic rings. The smallest absolute Gasteiger partial charge is 0.206 e. The van der Waals surface area contributed by atoms with E-state index in [4.69, 9.17) is 19.8 Å². The SMILES string of the molecule is Cc1nc2sc3c(c2c2nc(C[NH+](C[C@@H](C)O)C[C@@H](C)O)nn12)CC(C)(C)OC3. The molecule has 4 rings (SSSR count). The van der Waals surface area contributed by atoms with Crippen LogP contribution in [0.2, 0.25) is 0 Å². The van der Waals surface area contributed by atoms with Crippen LogP contribution in [-0.2, 0) is 24.3 Å². The minimum atomic E-state index is -0.456. The van der Waals surface area contributed by atoms with Crippen molar-refractivity contribution < 1.29 is 19.8 Å². The molecular formula is C20H30N5O3S+. The van der Waals surface area contributed by atoms with Crippen molar-refractivity contribution in [1.82, 2.24) is 19.6 Å². The molecule has 0 saturated heterocycles. The summed E-state index contributed by atoms with van der Waals surface area (Å²) in [4.78, 5) is 12.9. The summed E-state index contributed by atoms with van der Waals surface area (Å²) in [5.41, 5.74) is 1.90. The zero-order valence-corrected chi connectivity index (χ0v) is 18.5. The van der Waals surface area contributed by atoms with Gasteiger partial charge < -0.3 is 19.8 Å². The maximum atomic E-state index is 9.82. The average Bonchev–Trinajstić information content (AvgIpc) is 3.13. The normalized spacial score (nSPS) is 18.5. The van der Waals surface area contributed by atoms with Crippen LogP contribution in [-0.4, -0.2) is 60.7 Å². The fraction of sp³-hybridized carbons (Fsp3) is 0.650.